The zero-order chi connectivity index (χ0) is 13.7. The fourth-order valence-electron chi connectivity index (χ4n) is 1.94. The predicted molar refractivity (Wildman–Crippen MR) is 76.8 cm³/mol. The number of hydrogen-bond acceptors (Lipinski definition) is 3. The Morgan fingerprint density at radius 1 is 1.16 bits per heavy atom. The topological polar surface area (TPSA) is 45.1 Å². The van der Waals surface area contributed by atoms with Crippen molar-refractivity contribution in [3.05, 3.63) is 65.5 Å². The second kappa shape index (κ2) is 6.45. The summed E-state index contributed by atoms with van der Waals surface area (Å²) < 4.78 is 0. The first-order chi connectivity index (χ1) is 9.16. The Hall–Kier alpha value is -1.71. The molecule has 100 valence electrons. The summed E-state index contributed by atoms with van der Waals surface area (Å²) in [6.45, 7) is 4.64. The van der Waals surface area contributed by atoms with Crippen LogP contribution in [-0.4, -0.2) is 16.6 Å². The van der Waals surface area contributed by atoms with Crippen molar-refractivity contribution in [2.24, 2.45) is 0 Å². The monoisotopic (exact) mass is 256 g/mol. The molecule has 0 fully saturated rings. The van der Waals surface area contributed by atoms with Crippen LogP contribution in [0.15, 0.2) is 48.8 Å². The van der Waals surface area contributed by atoms with Crippen molar-refractivity contribution in [2.75, 3.05) is 6.54 Å². The summed E-state index contributed by atoms with van der Waals surface area (Å²) in [6.07, 6.45) is 3.12. The van der Waals surface area contributed by atoms with Crippen LogP contribution in [-0.2, 0) is 0 Å². The first kappa shape index (κ1) is 13.7. The molecule has 0 bridgehead atoms. The van der Waals surface area contributed by atoms with E-state index in [-0.39, 0.29) is 6.04 Å². The summed E-state index contributed by atoms with van der Waals surface area (Å²) in [6, 6.07) is 12.1. The molecule has 2 aromatic rings. The molecule has 0 amide bonds. The van der Waals surface area contributed by atoms with Crippen molar-refractivity contribution in [1.82, 2.24) is 10.3 Å². The van der Waals surface area contributed by atoms with Crippen LogP contribution in [0.25, 0.3) is 0 Å². The highest BCUT2D eigenvalue weighted by molar-refractivity contribution is 5.23. The third-order valence-electron chi connectivity index (χ3n) is 3.26. The third-order valence-corrected chi connectivity index (χ3v) is 3.26. The van der Waals surface area contributed by atoms with Gasteiger partial charge in [0.25, 0.3) is 0 Å². The molecule has 0 aliphatic heterocycles. The standard InChI is InChI=1S/C16H20N2O/c1-12-5-7-14(8-6-12)16(19)11-18-13(2)15-4-3-9-17-10-15/h3-10,13,16,18-19H,11H2,1-2H3/t13-,16+/m0/s1. The molecular weight excluding hydrogens is 236 g/mol. The second-order valence-electron chi connectivity index (χ2n) is 4.84. The molecule has 1 heterocycles. The zero-order valence-electron chi connectivity index (χ0n) is 11.4. The molecule has 19 heavy (non-hydrogen) atoms. The molecule has 3 heteroatoms. The van der Waals surface area contributed by atoms with E-state index in [0.717, 1.165) is 11.1 Å². The maximum Gasteiger partial charge on any atom is 0.0914 e. The number of nitrogens with one attached hydrogen (secondary N) is 1. The van der Waals surface area contributed by atoms with E-state index in [4.69, 9.17) is 0 Å². The van der Waals surface area contributed by atoms with Crippen LogP contribution >= 0.6 is 0 Å². The lowest BCUT2D eigenvalue weighted by atomic mass is 10.1. The van der Waals surface area contributed by atoms with Gasteiger partial charge in [-0.25, -0.2) is 0 Å². The lowest BCUT2D eigenvalue weighted by Gasteiger charge is -2.17. The smallest absolute Gasteiger partial charge is 0.0914 e. The highest BCUT2D eigenvalue weighted by atomic mass is 16.3. The van der Waals surface area contributed by atoms with Crippen molar-refractivity contribution in [3.63, 3.8) is 0 Å². The Kier molecular flexibility index (Phi) is 4.66. The molecule has 0 saturated carbocycles. The number of aliphatic hydroxyl groups is 1. The molecule has 0 aliphatic carbocycles. The van der Waals surface area contributed by atoms with Gasteiger partial charge in [-0.05, 0) is 31.0 Å². The maximum atomic E-state index is 10.1. The van der Waals surface area contributed by atoms with E-state index in [0.29, 0.717) is 6.54 Å². The molecule has 2 rings (SSSR count). The van der Waals surface area contributed by atoms with Gasteiger partial charge in [-0.15, -0.1) is 0 Å². The summed E-state index contributed by atoms with van der Waals surface area (Å²) in [4.78, 5) is 4.10. The van der Waals surface area contributed by atoms with Crippen LogP contribution in [0.1, 0.15) is 35.8 Å². The summed E-state index contributed by atoms with van der Waals surface area (Å²) in [5, 5.41) is 13.5. The first-order valence-electron chi connectivity index (χ1n) is 6.55. The fraction of sp³-hybridized carbons (Fsp3) is 0.312. The fourth-order valence-corrected chi connectivity index (χ4v) is 1.94. The normalized spacial score (nSPS) is 14.1. The van der Waals surface area contributed by atoms with Gasteiger partial charge in [0.2, 0.25) is 0 Å². The molecule has 1 aromatic heterocycles. The minimum atomic E-state index is -0.486. The molecule has 2 N–H and O–H groups in total. The molecule has 2 atom stereocenters. The molecule has 3 nitrogen and oxygen atoms in total. The largest absolute Gasteiger partial charge is 0.387 e. The van der Waals surface area contributed by atoms with E-state index in [1.54, 1.807) is 6.20 Å². The molecule has 0 aliphatic rings. The highest BCUT2D eigenvalue weighted by Crippen LogP contribution is 2.15. The zero-order valence-corrected chi connectivity index (χ0v) is 11.4. The van der Waals surface area contributed by atoms with E-state index in [1.165, 1.54) is 5.56 Å². The van der Waals surface area contributed by atoms with Gasteiger partial charge in [-0.1, -0.05) is 35.9 Å². The Bertz CT molecular complexity index is 496. The Morgan fingerprint density at radius 3 is 2.53 bits per heavy atom. The van der Waals surface area contributed by atoms with Crippen molar-refractivity contribution < 1.29 is 5.11 Å². The number of pyridine rings is 1. The molecule has 0 saturated heterocycles. The number of benzene rings is 1. The quantitative estimate of drug-likeness (QED) is 0.864. The van der Waals surface area contributed by atoms with E-state index >= 15 is 0 Å². The number of aromatic nitrogens is 1. The summed E-state index contributed by atoms with van der Waals surface area (Å²) in [7, 11) is 0. The van der Waals surface area contributed by atoms with Gasteiger partial charge >= 0.3 is 0 Å². The van der Waals surface area contributed by atoms with E-state index in [1.807, 2.05) is 49.5 Å². The summed E-state index contributed by atoms with van der Waals surface area (Å²) in [5.41, 5.74) is 3.27. The number of aliphatic hydroxyl groups excluding tert-OH is 1. The Labute approximate surface area is 114 Å². The molecule has 0 spiro atoms. The highest BCUT2D eigenvalue weighted by Gasteiger charge is 2.10. The predicted octanol–water partition coefficient (Wildman–Crippen LogP) is 2.77. The van der Waals surface area contributed by atoms with Gasteiger partial charge < -0.3 is 10.4 Å². The Morgan fingerprint density at radius 2 is 1.89 bits per heavy atom. The molecular formula is C16H20N2O. The lowest BCUT2D eigenvalue weighted by molar-refractivity contribution is 0.171. The minimum absolute atomic E-state index is 0.175. The average molecular weight is 256 g/mol. The van der Waals surface area contributed by atoms with E-state index in [2.05, 4.69) is 17.2 Å². The Balaban J connectivity index is 1.90. The van der Waals surface area contributed by atoms with Gasteiger partial charge in [0.1, 0.15) is 0 Å². The van der Waals surface area contributed by atoms with Crippen molar-refractivity contribution in [1.29, 1.82) is 0 Å². The molecule has 1 aromatic carbocycles. The number of rotatable bonds is 5. The van der Waals surface area contributed by atoms with Gasteiger partial charge in [-0.2, -0.15) is 0 Å². The maximum absolute atomic E-state index is 10.1. The average Bonchev–Trinajstić information content (AvgIpc) is 2.46. The van der Waals surface area contributed by atoms with Gasteiger partial charge in [-0.3, -0.25) is 4.98 Å². The lowest BCUT2D eigenvalue weighted by Crippen LogP contribution is -2.24. The number of aryl methyl sites for hydroxylation is 1. The van der Waals surface area contributed by atoms with Crippen LogP contribution in [0.5, 0.6) is 0 Å². The van der Waals surface area contributed by atoms with E-state index < -0.39 is 6.10 Å². The van der Waals surface area contributed by atoms with Crippen LogP contribution < -0.4 is 5.32 Å². The second-order valence-corrected chi connectivity index (χ2v) is 4.84. The number of hydrogen-bond donors (Lipinski definition) is 2. The number of nitrogens with zero attached hydrogens (tertiary/aromatic N) is 1. The van der Waals surface area contributed by atoms with Crippen molar-refractivity contribution in [2.45, 2.75) is 26.0 Å². The molecule has 0 radical (unpaired) electrons. The van der Waals surface area contributed by atoms with Gasteiger partial charge in [0, 0.05) is 25.0 Å². The van der Waals surface area contributed by atoms with Crippen LogP contribution in [0.2, 0.25) is 0 Å². The third kappa shape index (κ3) is 3.88. The van der Waals surface area contributed by atoms with Crippen LogP contribution in [0, 0.1) is 6.92 Å². The molecule has 0 unspecified atom stereocenters. The van der Waals surface area contributed by atoms with Gasteiger partial charge in [0.15, 0.2) is 0 Å². The first-order valence-corrected chi connectivity index (χ1v) is 6.55. The SMILES string of the molecule is Cc1ccc([C@H](O)CN[C@@H](C)c2cccnc2)cc1. The van der Waals surface area contributed by atoms with E-state index in [9.17, 15) is 5.11 Å². The summed E-state index contributed by atoms with van der Waals surface area (Å²) in [5.74, 6) is 0. The van der Waals surface area contributed by atoms with Gasteiger partial charge in [0.05, 0.1) is 6.10 Å². The van der Waals surface area contributed by atoms with Crippen LogP contribution in [0.4, 0.5) is 0 Å². The van der Waals surface area contributed by atoms with Crippen molar-refractivity contribution in [3.8, 4) is 0 Å². The van der Waals surface area contributed by atoms with Crippen molar-refractivity contribution >= 4 is 0 Å². The van der Waals surface area contributed by atoms with Crippen LogP contribution in [0.3, 0.4) is 0 Å². The minimum Gasteiger partial charge on any atom is -0.387 e. The summed E-state index contributed by atoms with van der Waals surface area (Å²) >= 11 is 0.